The number of esters is 1. The zero-order valence-electron chi connectivity index (χ0n) is 15.4. The van der Waals surface area contributed by atoms with Crippen molar-refractivity contribution < 1.29 is 18.7 Å². The van der Waals surface area contributed by atoms with E-state index in [0.29, 0.717) is 22.3 Å². The van der Waals surface area contributed by atoms with Crippen molar-refractivity contribution in [3.05, 3.63) is 46.8 Å². The van der Waals surface area contributed by atoms with Gasteiger partial charge in [-0.15, -0.1) is 0 Å². The molecule has 1 aliphatic carbocycles. The quantitative estimate of drug-likeness (QED) is 0.542. The normalized spacial score (nSPS) is 27.4. The lowest BCUT2D eigenvalue weighted by Gasteiger charge is -2.40. The number of carbonyl (C=O) groups excluding carboxylic acids is 2. The number of ether oxygens (including phenoxy) is 1. The fourth-order valence-corrected chi connectivity index (χ4v) is 5.52. The van der Waals surface area contributed by atoms with Crippen LogP contribution in [0.25, 0.3) is 0 Å². The molecule has 0 spiro atoms. The second-order valence-corrected chi connectivity index (χ2v) is 9.15. The second kappa shape index (κ2) is 7.40. The van der Waals surface area contributed by atoms with E-state index in [1.165, 1.54) is 13.0 Å². The zero-order chi connectivity index (χ0) is 19.0. The van der Waals surface area contributed by atoms with Crippen LogP contribution in [-0.4, -0.2) is 35.5 Å². The van der Waals surface area contributed by atoms with Crippen LogP contribution in [0, 0.1) is 17.2 Å². The van der Waals surface area contributed by atoms with E-state index in [-0.39, 0.29) is 29.2 Å². The molecule has 0 amide bonds. The Morgan fingerprint density at radius 2 is 2.22 bits per heavy atom. The molecule has 27 heavy (non-hydrogen) atoms. The minimum absolute atomic E-state index is 0.101. The lowest BCUT2D eigenvalue weighted by Crippen LogP contribution is -2.43. The van der Waals surface area contributed by atoms with Gasteiger partial charge < -0.3 is 9.53 Å². The number of piperidine rings is 1. The average Bonchev–Trinajstić information content (AvgIpc) is 3.31. The molecule has 2 heterocycles. The highest BCUT2D eigenvalue weighted by Crippen LogP contribution is 2.52. The zero-order valence-corrected chi connectivity index (χ0v) is 16.2. The Morgan fingerprint density at radius 1 is 1.44 bits per heavy atom. The van der Waals surface area contributed by atoms with Gasteiger partial charge in [0.25, 0.3) is 0 Å². The molecular weight excluding hydrogens is 365 g/mol. The lowest BCUT2D eigenvalue weighted by molar-refractivity contribution is -0.135. The van der Waals surface area contributed by atoms with Crippen molar-refractivity contribution in [1.82, 2.24) is 4.90 Å². The first-order chi connectivity index (χ1) is 13.0. The third-order valence-corrected chi connectivity index (χ3v) is 7.27. The molecule has 0 bridgehead atoms. The van der Waals surface area contributed by atoms with Gasteiger partial charge in [0.05, 0.1) is 0 Å². The van der Waals surface area contributed by atoms with E-state index in [4.69, 9.17) is 4.74 Å². The predicted octanol–water partition coefficient (Wildman–Crippen LogP) is 4.08. The monoisotopic (exact) mass is 389 g/mol. The molecule has 1 saturated heterocycles. The molecule has 6 heteroatoms. The number of hydrogen-bond donors (Lipinski definition) is 0. The maximum atomic E-state index is 14.6. The summed E-state index contributed by atoms with van der Waals surface area (Å²) in [5.41, 5.74) is 0.395. The predicted molar refractivity (Wildman–Crippen MR) is 102 cm³/mol. The molecule has 4 rings (SSSR count). The number of thioether (sulfide) groups is 1. The van der Waals surface area contributed by atoms with Gasteiger partial charge in [-0.2, -0.15) is 0 Å². The standard InChI is InChI=1S/C21H24FNO3S/c1-14(25)26-20-10-15-12-23(9-6-19(15)27-20)18(11-21(13-24)7-8-21)16-4-2-3-5-17(16)22/h2-5,10,13,15,18-19H,6-9,11-12H2,1H3. The Bertz CT molecular complexity index is 776. The second-order valence-electron chi connectivity index (χ2n) is 7.90. The highest BCUT2D eigenvalue weighted by Gasteiger charge is 2.47. The van der Waals surface area contributed by atoms with Crippen molar-refractivity contribution in [3.63, 3.8) is 0 Å². The fraction of sp³-hybridized carbons (Fsp3) is 0.524. The molecule has 3 atom stereocenters. The Hall–Kier alpha value is -1.66. The lowest BCUT2D eigenvalue weighted by atomic mass is 9.88. The Labute approximate surface area is 163 Å². The summed E-state index contributed by atoms with van der Waals surface area (Å²) in [4.78, 5) is 25.1. The minimum atomic E-state index is -0.296. The fourth-order valence-electron chi connectivity index (χ4n) is 4.24. The number of nitrogens with zero attached hydrogens (tertiary/aromatic N) is 1. The smallest absolute Gasteiger partial charge is 0.308 e. The molecular formula is C21H24FNO3S. The van der Waals surface area contributed by atoms with Crippen LogP contribution in [0.1, 0.15) is 44.2 Å². The number of benzene rings is 1. The van der Waals surface area contributed by atoms with Crippen molar-refractivity contribution in [2.24, 2.45) is 11.3 Å². The summed E-state index contributed by atoms with van der Waals surface area (Å²) in [5.74, 6) is -0.225. The van der Waals surface area contributed by atoms with Gasteiger partial charge in [0.1, 0.15) is 12.1 Å². The highest BCUT2D eigenvalue weighted by molar-refractivity contribution is 8.03. The maximum absolute atomic E-state index is 14.6. The first-order valence-corrected chi connectivity index (χ1v) is 10.4. The number of halogens is 1. The minimum Gasteiger partial charge on any atom is -0.420 e. The highest BCUT2D eigenvalue weighted by atomic mass is 32.2. The van der Waals surface area contributed by atoms with Crippen LogP contribution in [0.3, 0.4) is 0 Å². The van der Waals surface area contributed by atoms with Crippen molar-refractivity contribution in [2.75, 3.05) is 13.1 Å². The number of rotatable bonds is 6. The van der Waals surface area contributed by atoms with Gasteiger partial charge in [-0.3, -0.25) is 9.69 Å². The first-order valence-electron chi connectivity index (χ1n) is 9.51. The summed E-state index contributed by atoms with van der Waals surface area (Å²) in [6, 6.07) is 6.81. The van der Waals surface area contributed by atoms with E-state index in [0.717, 1.165) is 38.6 Å². The van der Waals surface area contributed by atoms with Crippen molar-refractivity contribution in [1.29, 1.82) is 0 Å². The van der Waals surface area contributed by atoms with Crippen LogP contribution in [0.2, 0.25) is 0 Å². The molecule has 1 saturated carbocycles. The number of likely N-dealkylation sites (tertiary alicyclic amines) is 1. The van der Waals surface area contributed by atoms with Crippen LogP contribution < -0.4 is 0 Å². The molecule has 2 fully saturated rings. The third kappa shape index (κ3) is 3.97. The first kappa shape index (κ1) is 18.7. The van der Waals surface area contributed by atoms with Gasteiger partial charge in [-0.1, -0.05) is 30.0 Å². The van der Waals surface area contributed by atoms with Crippen LogP contribution >= 0.6 is 11.8 Å². The molecule has 3 aliphatic rings. The van der Waals surface area contributed by atoms with E-state index in [1.807, 2.05) is 18.2 Å². The van der Waals surface area contributed by atoms with Crippen LogP contribution in [-0.2, 0) is 14.3 Å². The number of fused-ring (bicyclic) bond motifs is 1. The van der Waals surface area contributed by atoms with Gasteiger partial charge in [0.15, 0.2) is 5.09 Å². The van der Waals surface area contributed by atoms with Gasteiger partial charge >= 0.3 is 5.97 Å². The summed E-state index contributed by atoms with van der Waals surface area (Å²) >= 11 is 1.63. The summed E-state index contributed by atoms with van der Waals surface area (Å²) in [5, 5.41) is 1.09. The SMILES string of the molecule is CC(=O)OC1=CC2CN(C(CC3(C=O)CC3)c3ccccc3F)CCC2S1. The van der Waals surface area contributed by atoms with E-state index < -0.39 is 0 Å². The van der Waals surface area contributed by atoms with E-state index in [2.05, 4.69) is 4.90 Å². The summed E-state index contributed by atoms with van der Waals surface area (Å²) < 4.78 is 19.9. The third-order valence-electron chi connectivity index (χ3n) is 5.93. The number of hydrogen-bond acceptors (Lipinski definition) is 5. The van der Waals surface area contributed by atoms with Gasteiger partial charge in [-0.05, 0) is 44.4 Å². The molecule has 0 aromatic heterocycles. The molecule has 3 unspecified atom stereocenters. The van der Waals surface area contributed by atoms with Gasteiger partial charge in [0, 0.05) is 41.7 Å². The molecule has 1 aromatic rings. The topological polar surface area (TPSA) is 46.6 Å². The van der Waals surface area contributed by atoms with Gasteiger partial charge in [0.2, 0.25) is 0 Å². The molecule has 4 nitrogen and oxygen atoms in total. The van der Waals surface area contributed by atoms with E-state index in [9.17, 15) is 14.0 Å². The molecule has 144 valence electrons. The van der Waals surface area contributed by atoms with Crippen LogP contribution in [0.5, 0.6) is 0 Å². The van der Waals surface area contributed by atoms with Crippen molar-refractivity contribution in [3.8, 4) is 0 Å². The van der Waals surface area contributed by atoms with Gasteiger partial charge in [-0.25, -0.2) is 4.39 Å². The summed E-state index contributed by atoms with van der Waals surface area (Å²) in [6.45, 7) is 3.05. The average molecular weight is 389 g/mol. The molecule has 0 radical (unpaired) electrons. The Balaban J connectivity index is 1.56. The number of carbonyl (C=O) groups is 2. The van der Waals surface area contributed by atoms with E-state index in [1.54, 1.807) is 17.8 Å². The maximum Gasteiger partial charge on any atom is 0.308 e. The summed E-state index contributed by atoms with van der Waals surface area (Å²) in [6.07, 6.45) is 6.52. The molecule has 1 aromatic carbocycles. The molecule has 2 aliphatic heterocycles. The Morgan fingerprint density at radius 3 is 2.89 bits per heavy atom. The number of aldehydes is 1. The summed E-state index contributed by atoms with van der Waals surface area (Å²) in [7, 11) is 0. The molecule has 0 N–H and O–H groups in total. The largest absolute Gasteiger partial charge is 0.420 e. The van der Waals surface area contributed by atoms with Crippen molar-refractivity contribution >= 4 is 24.0 Å². The van der Waals surface area contributed by atoms with Crippen LogP contribution in [0.4, 0.5) is 4.39 Å². The van der Waals surface area contributed by atoms with Crippen LogP contribution in [0.15, 0.2) is 35.4 Å². The Kier molecular flexibility index (Phi) is 5.12. The van der Waals surface area contributed by atoms with Crippen molar-refractivity contribution in [2.45, 2.75) is 43.9 Å². The van der Waals surface area contributed by atoms with E-state index >= 15 is 0 Å².